The average Bonchev–Trinajstić information content (AvgIpc) is 3.09. The van der Waals surface area contributed by atoms with Gasteiger partial charge in [-0.05, 0) is 29.3 Å². The highest BCUT2D eigenvalue weighted by Gasteiger charge is 2.22. The summed E-state index contributed by atoms with van der Waals surface area (Å²) in [6.45, 7) is 1.50. The number of carbonyl (C=O) groups excluding carboxylic acids is 2. The summed E-state index contributed by atoms with van der Waals surface area (Å²) in [5.74, 6) is -0.159. The van der Waals surface area contributed by atoms with Crippen LogP contribution >= 0.6 is 11.8 Å². The van der Waals surface area contributed by atoms with Gasteiger partial charge in [-0.1, -0.05) is 48.2 Å². The number of hydrogen-bond acceptors (Lipinski definition) is 5. The van der Waals surface area contributed by atoms with Gasteiger partial charge in [0.05, 0.1) is 24.0 Å². The Morgan fingerprint density at radius 3 is 2.69 bits per heavy atom. The third-order valence-corrected chi connectivity index (χ3v) is 5.47. The van der Waals surface area contributed by atoms with Gasteiger partial charge in [-0.3, -0.25) is 14.6 Å². The van der Waals surface area contributed by atoms with Crippen molar-refractivity contribution in [3.8, 4) is 11.1 Å². The van der Waals surface area contributed by atoms with Crippen LogP contribution in [-0.4, -0.2) is 22.3 Å². The van der Waals surface area contributed by atoms with Gasteiger partial charge in [-0.25, -0.2) is 0 Å². The predicted octanol–water partition coefficient (Wildman–Crippen LogP) is 3.87. The molecule has 0 radical (unpaired) electrons. The van der Waals surface area contributed by atoms with Crippen molar-refractivity contribution < 1.29 is 9.59 Å². The van der Waals surface area contributed by atoms with Crippen LogP contribution < -0.4 is 16.0 Å². The normalized spacial score (nSPS) is 14.6. The molecule has 0 bridgehead atoms. The van der Waals surface area contributed by atoms with Crippen LogP contribution in [-0.2, 0) is 16.0 Å². The van der Waals surface area contributed by atoms with E-state index in [0.717, 1.165) is 27.3 Å². The van der Waals surface area contributed by atoms with Crippen molar-refractivity contribution in [2.45, 2.75) is 23.7 Å². The van der Waals surface area contributed by atoms with Crippen molar-refractivity contribution in [2.75, 3.05) is 10.6 Å². The minimum atomic E-state index is -0.167. The lowest BCUT2D eigenvalue weighted by molar-refractivity contribution is -0.119. The molecule has 2 aromatic carbocycles. The van der Waals surface area contributed by atoms with Gasteiger partial charge in [0, 0.05) is 23.6 Å². The summed E-state index contributed by atoms with van der Waals surface area (Å²) in [5.41, 5.74) is 4.34. The second kappa shape index (κ2) is 8.36. The van der Waals surface area contributed by atoms with Gasteiger partial charge in [0.2, 0.25) is 11.8 Å². The Labute approximate surface area is 173 Å². The third-order valence-electron chi connectivity index (χ3n) is 4.41. The first kappa shape index (κ1) is 19.0. The number of aromatic nitrogens is 1. The Hall–Kier alpha value is -3.32. The Morgan fingerprint density at radius 1 is 1.07 bits per heavy atom. The molecule has 146 valence electrons. The number of carbonyl (C=O) groups is 2. The highest BCUT2D eigenvalue weighted by Crippen LogP contribution is 2.39. The zero-order chi connectivity index (χ0) is 20.2. The summed E-state index contributed by atoms with van der Waals surface area (Å²) in [4.78, 5) is 28.9. The molecule has 1 aliphatic heterocycles. The van der Waals surface area contributed by atoms with Gasteiger partial charge in [0.25, 0.3) is 0 Å². The first-order valence-corrected chi connectivity index (χ1v) is 10.1. The molecule has 7 heteroatoms. The minimum absolute atomic E-state index is 0.0776. The van der Waals surface area contributed by atoms with Crippen molar-refractivity contribution in [3.05, 3.63) is 72.6 Å². The number of amides is 2. The number of benzene rings is 2. The van der Waals surface area contributed by atoms with Gasteiger partial charge in [0.15, 0.2) is 5.50 Å². The van der Waals surface area contributed by atoms with Crippen molar-refractivity contribution in [2.24, 2.45) is 0 Å². The maximum absolute atomic E-state index is 12.3. The van der Waals surface area contributed by atoms with Crippen molar-refractivity contribution in [1.29, 1.82) is 0 Å². The van der Waals surface area contributed by atoms with Crippen LogP contribution in [0.4, 0.5) is 11.4 Å². The number of anilines is 2. The summed E-state index contributed by atoms with van der Waals surface area (Å²) in [7, 11) is 0. The monoisotopic (exact) mass is 404 g/mol. The molecule has 0 spiro atoms. The second-order valence-electron chi connectivity index (χ2n) is 6.73. The maximum atomic E-state index is 12.3. The minimum Gasteiger partial charge on any atom is -0.356 e. The van der Waals surface area contributed by atoms with E-state index in [4.69, 9.17) is 0 Å². The molecular formula is C22H20N4O2S. The van der Waals surface area contributed by atoms with E-state index < -0.39 is 0 Å². The van der Waals surface area contributed by atoms with E-state index in [1.54, 1.807) is 24.2 Å². The van der Waals surface area contributed by atoms with Crippen LogP contribution in [0.2, 0.25) is 0 Å². The summed E-state index contributed by atoms with van der Waals surface area (Å²) in [5, 5.41) is 9.03. The summed E-state index contributed by atoms with van der Waals surface area (Å²) in [6, 6.07) is 17.6. The van der Waals surface area contributed by atoms with E-state index in [1.807, 2.05) is 48.5 Å². The number of fused-ring (bicyclic) bond motifs is 1. The molecule has 0 saturated carbocycles. The van der Waals surface area contributed by atoms with Crippen LogP contribution in [0.1, 0.15) is 12.5 Å². The smallest absolute Gasteiger partial charge is 0.228 e. The van der Waals surface area contributed by atoms with E-state index in [9.17, 15) is 9.59 Å². The molecule has 4 rings (SSSR count). The molecule has 3 N–H and O–H groups in total. The lowest BCUT2D eigenvalue weighted by Gasteiger charge is -2.09. The average molecular weight is 404 g/mol. The first-order valence-electron chi connectivity index (χ1n) is 9.20. The Balaban J connectivity index is 1.47. The van der Waals surface area contributed by atoms with E-state index in [0.29, 0.717) is 12.1 Å². The van der Waals surface area contributed by atoms with Crippen LogP contribution in [0, 0.1) is 0 Å². The number of thioether (sulfide) groups is 1. The molecule has 0 saturated heterocycles. The van der Waals surface area contributed by atoms with Crippen LogP contribution in [0.3, 0.4) is 0 Å². The molecule has 2 amide bonds. The first-order chi connectivity index (χ1) is 14.1. The lowest BCUT2D eigenvalue weighted by Crippen LogP contribution is -2.33. The van der Waals surface area contributed by atoms with Crippen molar-refractivity contribution in [1.82, 2.24) is 10.3 Å². The number of hydrogen-bond donors (Lipinski definition) is 3. The topological polar surface area (TPSA) is 83.1 Å². The fourth-order valence-electron chi connectivity index (χ4n) is 3.12. The highest BCUT2D eigenvalue weighted by atomic mass is 32.2. The molecule has 1 aliphatic rings. The lowest BCUT2D eigenvalue weighted by atomic mass is 10.1. The molecule has 0 fully saturated rings. The van der Waals surface area contributed by atoms with Gasteiger partial charge in [0.1, 0.15) is 0 Å². The molecule has 3 aromatic rings. The van der Waals surface area contributed by atoms with E-state index in [2.05, 4.69) is 27.0 Å². The van der Waals surface area contributed by atoms with Gasteiger partial charge in [-0.2, -0.15) is 0 Å². The molecular weight excluding hydrogens is 384 g/mol. The molecule has 29 heavy (non-hydrogen) atoms. The molecule has 6 nitrogen and oxygen atoms in total. The summed E-state index contributed by atoms with van der Waals surface area (Å²) >= 11 is 1.56. The Morgan fingerprint density at radius 2 is 1.90 bits per heavy atom. The highest BCUT2D eigenvalue weighted by molar-refractivity contribution is 8.00. The van der Waals surface area contributed by atoms with E-state index >= 15 is 0 Å². The quantitative estimate of drug-likeness (QED) is 0.601. The fourth-order valence-corrected chi connectivity index (χ4v) is 4.23. The van der Waals surface area contributed by atoms with Crippen molar-refractivity contribution >= 4 is 35.0 Å². The van der Waals surface area contributed by atoms with Crippen LogP contribution in [0.15, 0.2) is 71.9 Å². The van der Waals surface area contributed by atoms with Crippen LogP contribution in [0.5, 0.6) is 0 Å². The number of nitrogens with one attached hydrogen (secondary N) is 3. The van der Waals surface area contributed by atoms with E-state index in [1.165, 1.54) is 6.92 Å². The zero-order valence-corrected chi connectivity index (χ0v) is 16.6. The molecule has 2 heterocycles. The van der Waals surface area contributed by atoms with Crippen molar-refractivity contribution in [3.63, 3.8) is 0 Å². The van der Waals surface area contributed by atoms with Crippen LogP contribution in [0.25, 0.3) is 11.1 Å². The fraction of sp³-hybridized carbons (Fsp3) is 0.136. The Kier molecular flexibility index (Phi) is 5.48. The number of rotatable bonds is 5. The Bertz CT molecular complexity index is 1060. The van der Waals surface area contributed by atoms with E-state index in [-0.39, 0.29) is 17.3 Å². The number of nitrogens with zero attached hydrogens (tertiary/aromatic N) is 1. The molecule has 1 unspecified atom stereocenters. The number of pyridine rings is 1. The van der Waals surface area contributed by atoms with Gasteiger partial charge < -0.3 is 16.0 Å². The summed E-state index contributed by atoms with van der Waals surface area (Å²) in [6.07, 6.45) is 3.73. The SMILES string of the molecule is CC(=O)NC1Nc2ccc(-c3cncc(NC(=O)Cc4ccccc4)c3)cc2S1. The summed E-state index contributed by atoms with van der Waals surface area (Å²) < 4.78 is 0. The van der Waals surface area contributed by atoms with Gasteiger partial charge in [-0.15, -0.1) is 0 Å². The van der Waals surface area contributed by atoms with Gasteiger partial charge >= 0.3 is 0 Å². The third kappa shape index (κ3) is 4.75. The molecule has 1 atom stereocenters. The largest absolute Gasteiger partial charge is 0.356 e. The predicted molar refractivity (Wildman–Crippen MR) is 116 cm³/mol. The second-order valence-corrected chi connectivity index (χ2v) is 7.87. The zero-order valence-electron chi connectivity index (χ0n) is 15.8. The standard InChI is InChI=1S/C22H20N4O2S/c1-14(27)24-22-26-19-8-7-16(11-20(19)29-22)17-10-18(13-23-12-17)25-21(28)9-15-5-3-2-4-6-15/h2-8,10-13,22,26H,9H2,1H3,(H,24,27)(H,25,28). The molecule has 0 aliphatic carbocycles. The molecule has 1 aromatic heterocycles. The maximum Gasteiger partial charge on any atom is 0.228 e.